The van der Waals surface area contributed by atoms with E-state index in [1.807, 2.05) is 38.1 Å². The van der Waals surface area contributed by atoms with E-state index in [1.165, 1.54) is 11.8 Å². The third-order valence-electron chi connectivity index (χ3n) is 4.34. The summed E-state index contributed by atoms with van der Waals surface area (Å²) in [5.74, 6) is -0.167. The summed E-state index contributed by atoms with van der Waals surface area (Å²) < 4.78 is 0. The van der Waals surface area contributed by atoms with Gasteiger partial charge >= 0.3 is 0 Å². The summed E-state index contributed by atoms with van der Waals surface area (Å²) in [6.45, 7) is 9.40. The summed E-state index contributed by atoms with van der Waals surface area (Å²) in [7, 11) is 0. The SMILES string of the molecule is CC(=O)N(CC(=O)Nc1c(C)cccc1C(C)C)c1cc(Cl)ccc1C. The smallest absolute Gasteiger partial charge is 0.244 e. The van der Waals surface area contributed by atoms with Crippen LogP contribution in [0.1, 0.15) is 43.4 Å². The molecule has 2 rings (SSSR count). The molecule has 4 nitrogen and oxygen atoms in total. The molecular weight excluding hydrogens is 348 g/mol. The van der Waals surface area contributed by atoms with Crippen molar-refractivity contribution in [2.24, 2.45) is 0 Å². The van der Waals surface area contributed by atoms with Crippen LogP contribution in [0.15, 0.2) is 36.4 Å². The number of rotatable bonds is 5. The topological polar surface area (TPSA) is 49.4 Å². The predicted octanol–water partition coefficient (Wildman–Crippen LogP) is 5.07. The Morgan fingerprint density at radius 3 is 2.42 bits per heavy atom. The Bertz CT molecular complexity index is 831. The lowest BCUT2D eigenvalue weighted by Gasteiger charge is -2.24. The number of hydrogen-bond acceptors (Lipinski definition) is 2. The van der Waals surface area contributed by atoms with Gasteiger partial charge in [0, 0.05) is 23.3 Å². The highest BCUT2D eigenvalue weighted by Gasteiger charge is 2.19. The number of amides is 2. The number of carbonyl (C=O) groups excluding carboxylic acids is 2. The molecule has 2 aromatic rings. The quantitative estimate of drug-likeness (QED) is 0.796. The van der Waals surface area contributed by atoms with Crippen LogP contribution < -0.4 is 10.2 Å². The van der Waals surface area contributed by atoms with Gasteiger partial charge in [0.05, 0.1) is 0 Å². The first-order valence-corrected chi connectivity index (χ1v) is 9.02. The van der Waals surface area contributed by atoms with Gasteiger partial charge < -0.3 is 10.2 Å². The highest BCUT2D eigenvalue weighted by Crippen LogP contribution is 2.28. The number of benzene rings is 2. The van der Waals surface area contributed by atoms with E-state index in [0.29, 0.717) is 10.7 Å². The molecule has 0 spiro atoms. The second-order valence-corrected chi connectivity index (χ2v) is 7.21. The second kappa shape index (κ2) is 8.37. The van der Waals surface area contributed by atoms with Crippen LogP contribution in [0, 0.1) is 13.8 Å². The maximum atomic E-state index is 12.7. The minimum atomic E-state index is -0.240. The molecule has 0 fully saturated rings. The molecule has 2 aromatic carbocycles. The van der Waals surface area contributed by atoms with E-state index in [-0.39, 0.29) is 24.3 Å². The van der Waals surface area contributed by atoms with Crippen LogP contribution in [0.25, 0.3) is 0 Å². The zero-order valence-corrected chi connectivity index (χ0v) is 16.6. The van der Waals surface area contributed by atoms with Gasteiger partial charge in [-0.25, -0.2) is 0 Å². The lowest BCUT2D eigenvalue weighted by atomic mass is 9.98. The number of halogens is 1. The van der Waals surface area contributed by atoms with Crippen molar-refractivity contribution in [3.63, 3.8) is 0 Å². The zero-order valence-electron chi connectivity index (χ0n) is 15.9. The highest BCUT2D eigenvalue weighted by atomic mass is 35.5. The van der Waals surface area contributed by atoms with E-state index in [1.54, 1.807) is 12.1 Å². The van der Waals surface area contributed by atoms with Crippen LogP contribution in [0.2, 0.25) is 5.02 Å². The lowest BCUT2D eigenvalue weighted by molar-refractivity contribution is -0.120. The first kappa shape index (κ1) is 20.0. The largest absolute Gasteiger partial charge is 0.324 e. The maximum Gasteiger partial charge on any atom is 0.244 e. The number of hydrogen-bond donors (Lipinski definition) is 1. The van der Waals surface area contributed by atoms with Gasteiger partial charge in [-0.1, -0.05) is 49.7 Å². The zero-order chi connectivity index (χ0) is 19.4. The molecule has 0 aliphatic heterocycles. The van der Waals surface area contributed by atoms with Crippen molar-refractivity contribution >= 4 is 34.8 Å². The van der Waals surface area contributed by atoms with Gasteiger partial charge in [0.25, 0.3) is 0 Å². The Balaban J connectivity index is 2.28. The first-order valence-electron chi connectivity index (χ1n) is 8.64. The maximum absolute atomic E-state index is 12.7. The highest BCUT2D eigenvalue weighted by molar-refractivity contribution is 6.31. The van der Waals surface area contributed by atoms with Gasteiger partial charge in [-0.3, -0.25) is 9.59 Å². The van der Waals surface area contributed by atoms with Crippen LogP contribution in [-0.4, -0.2) is 18.4 Å². The Labute approximate surface area is 160 Å². The van der Waals surface area contributed by atoms with E-state index < -0.39 is 0 Å². The summed E-state index contributed by atoms with van der Waals surface area (Å²) >= 11 is 6.07. The molecule has 0 heterocycles. The molecule has 0 saturated heterocycles. The molecule has 0 unspecified atom stereocenters. The molecule has 0 aliphatic carbocycles. The van der Waals surface area contributed by atoms with E-state index in [4.69, 9.17) is 11.6 Å². The molecule has 2 amide bonds. The van der Waals surface area contributed by atoms with Crippen molar-refractivity contribution in [3.8, 4) is 0 Å². The number of carbonyl (C=O) groups is 2. The lowest BCUT2D eigenvalue weighted by Crippen LogP contribution is -2.37. The summed E-state index contributed by atoms with van der Waals surface area (Å²) in [6.07, 6.45) is 0. The molecule has 0 aromatic heterocycles. The van der Waals surface area contributed by atoms with Crippen molar-refractivity contribution in [2.75, 3.05) is 16.8 Å². The average molecular weight is 373 g/mol. The molecule has 0 aliphatic rings. The average Bonchev–Trinajstić information content (AvgIpc) is 2.56. The Morgan fingerprint density at radius 2 is 1.81 bits per heavy atom. The van der Waals surface area contributed by atoms with Gasteiger partial charge in [0.15, 0.2) is 0 Å². The van der Waals surface area contributed by atoms with Crippen LogP contribution in [0.3, 0.4) is 0 Å². The van der Waals surface area contributed by atoms with Gasteiger partial charge in [-0.05, 0) is 48.6 Å². The van der Waals surface area contributed by atoms with Crippen LogP contribution in [0.4, 0.5) is 11.4 Å². The monoisotopic (exact) mass is 372 g/mol. The Kier molecular flexibility index (Phi) is 6.43. The van der Waals surface area contributed by atoms with E-state index in [0.717, 1.165) is 22.4 Å². The fourth-order valence-electron chi connectivity index (χ4n) is 2.90. The minimum Gasteiger partial charge on any atom is -0.324 e. The third kappa shape index (κ3) is 4.64. The van der Waals surface area contributed by atoms with E-state index in [9.17, 15) is 9.59 Å². The molecule has 0 bridgehead atoms. The van der Waals surface area contributed by atoms with Gasteiger partial charge in [-0.2, -0.15) is 0 Å². The van der Waals surface area contributed by atoms with Crippen LogP contribution in [-0.2, 0) is 9.59 Å². The number of para-hydroxylation sites is 1. The molecule has 0 saturated carbocycles. The first-order chi connectivity index (χ1) is 12.2. The predicted molar refractivity (Wildman–Crippen MR) is 108 cm³/mol. The van der Waals surface area contributed by atoms with Gasteiger partial charge in [0.2, 0.25) is 11.8 Å². The van der Waals surface area contributed by atoms with Crippen LogP contribution in [0.5, 0.6) is 0 Å². The number of nitrogens with zero attached hydrogens (tertiary/aromatic N) is 1. The Hall–Kier alpha value is -2.33. The van der Waals surface area contributed by atoms with Gasteiger partial charge in [0.1, 0.15) is 6.54 Å². The molecule has 0 atom stereocenters. The molecule has 5 heteroatoms. The van der Waals surface area contributed by atoms with Gasteiger partial charge in [-0.15, -0.1) is 0 Å². The third-order valence-corrected chi connectivity index (χ3v) is 4.57. The minimum absolute atomic E-state index is 0.0671. The fraction of sp³-hybridized carbons (Fsp3) is 0.333. The molecule has 1 N–H and O–H groups in total. The second-order valence-electron chi connectivity index (χ2n) is 6.78. The summed E-state index contributed by atoms with van der Waals surface area (Å²) in [5.41, 5.74) is 4.42. The molecule has 26 heavy (non-hydrogen) atoms. The molecule has 138 valence electrons. The molecular formula is C21H25ClN2O2. The molecule has 0 radical (unpaired) electrons. The standard InChI is InChI=1S/C21H25ClN2O2/c1-13(2)18-8-6-7-15(4)21(18)23-20(26)12-24(16(5)25)19-11-17(22)10-9-14(19)3/h6-11,13H,12H2,1-5H3,(H,23,26). The summed E-state index contributed by atoms with van der Waals surface area (Å²) in [4.78, 5) is 26.3. The summed E-state index contributed by atoms with van der Waals surface area (Å²) in [6, 6.07) is 11.3. The number of anilines is 2. The van der Waals surface area contributed by atoms with Crippen molar-refractivity contribution in [2.45, 2.75) is 40.5 Å². The fourth-order valence-corrected chi connectivity index (χ4v) is 3.07. The normalized spacial score (nSPS) is 10.7. The van der Waals surface area contributed by atoms with E-state index in [2.05, 4.69) is 19.2 Å². The van der Waals surface area contributed by atoms with E-state index >= 15 is 0 Å². The Morgan fingerprint density at radius 1 is 1.12 bits per heavy atom. The number of nitrogens with one attached hydrogen (secondary N) is 1. The van der Waals surface area contributed by atoms with Crippen molar-refractivity contribution in [3.05, 3.63) is 58.1 Å². The van der Waals surface area contributed by atoms with Crippen molar-refractivity contribution in [1.82, 2.24) is 0 Å². The number of aryl methyl sites for hydroxylation is 2. The van der Waals surface area contributed by atoms with Crippen LogP contribution >= 0.6 is 11.6 Å². The van der Waals surface area contributed by atoms with Crippen molar-refractivity contribution < 1.29 is 9.59 Å². The summed E-state index contributed by atoms with van der Waals surface area (Å²) in [5, 5.41) is 3.51. The van der Waals surface area contributed by atoms with Crippen molar-refractivity contribution in [1.29, 1.82) is 0 Å².